The van der Waals surface area contributed by atoms with Crippen LogP contribution in [0.25, 0.3) is 0 Å². The van der Waals surface area contributed by atoms with Crippen molar-refractivity contribution in [3.63, 3.8) is 0 Å². The van der Waals surface area contributed by atoms with E-state index in [0.717, 1.165) is 17.2 Å². The van der Waals surface area contributed by atoms with E-state index in [2.05, 4.69) is 47.1 Å². The van der Waals surface area contributed by atoms with E-state index in [1.165, 1.54) is 19.3 Å². The second-order valence-corrected chi connectivity index (χ2v) is 4.81. The largest absolute Gasteiger partial charge is 0.0921 e. The summed E-state index contributed by atoms with van der Waals surface area (Å²) < 4.78 is 0. The third-order valence-corrected chi connectivity index (χ3v) is 4.20. The van der Waals surface area contributed by atoms with Crippen LogP contribution >= 0.6 is 15.9 Å². The molecule has 76 valence electrons. The minimum atomic E-state index is 0.744. The number of benzene rings is 1. The summed E-state index contributed by atoms with van der Waals surface area (Å²) in [5.74, 6) is 1.55. The number of alkyl halides is 1. The van der Waals surface area contributed by atoms with Gasteiger partial charge in [0.05, 0.1) is 0 Å². The van der Waals surface area contributed by atoms with Crippen molar-refractivity contribution in [1.82, 2.24) is 0 Å². The van der Waals surface area contributed by atoms with E-state index in [-0.39, 0.29) is 0 Å². The standard InChI is InChI=1S/C13H17Br/c1-2-10-7-8-11(9-14)13-6-4-3-5-12(10)13/h3-6,10-11H,2,7-9H2,1H3. The maximum absolute atomic E-state index is 3.62. The van der Waals surface area contributed by atoms with Crippen molar-refractivity contribution in [2.75, 3.05) is 5.33 Å². The number of rotatable bonds is 2. The topological polar surface area (TPSA) is 0 Å². The van der Waals surface area contributed by atoms with Crippen molar-refractivity contribution in [3.05, 3.63) is 35.4 Å². The Bertz CT molecular complexity index is 275. The number of hydrogen-bond donors (Lipinski definition) is 0. The molecule has 0 spiro atoms. The van der Waals surface area contributed by atoms with E-state index >= 15 is 0 Å². The molecule has 0 aromatic heterocycles. The molecule has 0 heterocycles. The van der Waals surface area contributed by atoms with Gasteiger partial charge in [0.1, 0.15) is 0 Å². The van der Waals surface area contributed by atoms with Crippen LogP contribution < -0.4 is 0 Å². The Morgan fingerprint density at radius 1 is 1.14 bits per heavy atom. The number of hydrogen-bond acceptors (Lipinski definition) is 0. The molecule has 0 N–H and O–H groups in total. The Kier molecular flexibility index (Phi) is 3.27. The summed E-state index contributed by atoms with van der Waals surface area (Å²) in [7, 11) is 0. The van der Waals surface area contributed by atoms with E-state index in [1.54, 1.807) is 11.1 Å². The first-order valence-electron chi connectivity index (χ1n) is 5.51. The average molecular weight is 253 g/mol. The van der Waals surface area contributed by atoms with Gasteiger partial charge in [-0.2, -0.15) is 0 Å². The van der Waals surface area contributed by atoms with Gasteiger partial charge in [0.25, 0.3) is 0 Å². The maximum atomic E-state index is 3.62. The van der Waals surface area contributed by atoms with E-state index < -0.39 is 0 Å². The summed E-state index contributed by atoms with van der Waals surface area (Å²) in [6.07, 6.45) is 4.00. The molecule has 2 unspecified atom stereocenters. The summed E-state index contributed by atoms with van der Waals surface area (Å²) in [5, 5.41) is 1.11. The van der Waals surface area contributed by atoms with Crippen LogP contribution in [0.3, 0.4) is 0 Å². The second kappa shape index (κ2) is 4.48. The molecule has 0 aliphatic heterocycles. The number of fused-ring (bicyclic) bond motifs is 1. The molecule has 1 aliphatic carbocycles. The molecule has 1 heteroatoms. The van der Waals surface area contributed by atoms with Crippen molar-refractivity contribution in [1.29, 1.82) is 0 Å². The Hall–Kier alpha value is -0.300. The zero-order valence-electron chi connectivity index (χ0n) is 8.67. The van der Waals surface area contributed by atoms with Crippen LogP contribution in [0.2, 0.25) is 0 Å². The lowest BCUT2D eigenvalue weighted by Gasteiger charge is -2.30. The van der Waals surface area contributed by atoms with Gasteiger partial charge in [0, 0.05) is 5.33 Å². The summed E-state index contributed by atoms with van der Waals surface area (Å²) >= 11 is 3.62. The van der Waals surface area contributed by atoms with Gasteiger partial charge in [-0.05, 0) is 42.2 Å². The van der Waals surface area contributed by atoms with Gasteiger partial charge in [0.15, 0.2) is 0 Å². The molecular weight excluding hydrogens is 236 g/mol. The monoisotopic (exact) mass is 252 g/mol. The van der Waals surface area contributed by atoms with Crippen LogP contribution in [0.15, 0.2) is 24.3 Å². The molecule has 0 fully saturated rings. The molecule has 1 aliphatic rings. The van der Waals surface area contributed by atoms with Gasteiger partial charge < -0.3 is 0 Å². The van der Waals surface area contributed by atoms with Gasteiger partial charge in [-0.25, -0.2) is 0 Å². The van der Waals surface area contributed by atoms with Gasteiger partial charge in [-0.15, -0.1) is 0 Å². The first-order chi connectivity index (χ1) is 6.86. The van der Waals surface area contributed by atoms with Gasteiger partial charge in [0.2, 0.25) is 0 Å². The van der Waals surface area contributed by atoms with Gasteiger partial charge >= 0.3 is 0 Å². The van der Waals surface area contributed by atoms with E-state index in [1.807, 2.05) is 0 Å². The molecule has 0 saturated carbocycles. The third kappa shape index (κ3) is 1.75. The first-order valence-corrected chi connectivity index (χ1v) is 6.63. The van der Waals surface area contributed by atoms with Crippen LogP contribution in [0.1, 0.15) is 49.1 Å². The Morgan fingerprint density at radius 2 is 1.71 bits per heavy atom. The van der Waals surface area contributed by atoms with E-state index in [0.29, 0.717) is 0 Å². The molecule has 0 radical (unpaired) electrons. The van der Waals surface area contributed by atoms with Crippen molar-refractivity contribution in [2.45, 2.75) is 38.0 Å². The summed E-state index contributed by atoms with van der Waals surface area (Å²) in [5.41, 5.74) is 3.19. The van der Waals surface area contributed by atoms with E-state index in [9.17, 15) is 0 Å². The number of halogens is 1. The van der Waals surface area contributed by atoms with Crippen LogP contribution in [0, 0.1) is 0 Å². The minimum Gasteiger partial charge on any atom is -0.0921 e. The lowest BCUT2D eigenvalue weighted by molar-refractivity contribution is 0.497. The Labute approximate surface area is 94.8 Å². The quantitative estimate of drug-likeness (QED) is 0.683. The zero-order valence-corrected chi connectivity index (χ0v) is 10.3. The molecule has 1 aromatic rings. The van der Waals surface area contributed by atoms with Gasteiger partial charge in [-0.3, -0.25) is 0 Å². The molecule has 2 atom stereocenters. The van der Waals surface area contributed by atoms with Crippen LogP contribution in [-0.2, 0) is 0 Å². The maximum Gasteiger partial charge on any atom is 0.0100 e. The highest BCUT2D eigenvalue weighted by atomic mass is 79.9. The van der Waals surface area contributed by atoms with Crippen molar-refractivity contribution < 1.29 is 0 Å². The normalized spacial score (nSPS) is 25.9. The third-order valence-electron chi connectivity index (χ3n) is 3.42. The predicted octanol–water partition coefficient (Wildman–Crippen LogP) is 4.45. The molecule has 14 heavy (non-hydrogen) atoms. The fourth-order valence-electron chi connectivity index (χ4n) is 2.55. The first kappa shape index (κ1) is 10.2. The molecule has 0 nitrogen and oxygen atoms in total. The average Bonchev–Trinajstić information content (AvgIpc) is 2.27. The fraction of sp³-hybridized carbons (Fsp3) is 0.538. The molecule has 0 amide bonds. The van der Waals surface area contributed by atoms with Crippen molar-refractivity contribution in [3.8, 4) is 0 Å². The van der Waals surface area contributed by atoms with E-state index in [4.69, 9.17) is 0 Å². The lowest BCUT2D eigenvalue weighted by Crippen LogP contribution is -2.14. The molecule has 2 rings (SSSR count). The SMILES string of the molecule is CCC1CCC(CBr)c2ccccc21. The molecular formula is C13H17Br. The fourth-order valence-corrected chi connectivity index (χ4v) is 3.22. The second-order valence-electron chi connectivity index (χ2n) is 4.16. The predicted molar refractivity (Wildman–Crippen MR) is 65.2 cm³/mol. The van der Waals surface area contributed by atoms with Gasteiger partial charge in [-0.1, -0.05) is 47.1 Å². The smallest absolute Gasteiger partial charge is 0.0100 e. The molecule has 1 aromatic carbocycles. The summed E-state index contributed by atoms with van der Waals surface area (Å²) in [6.45, 7) is 2.30. The highest BCUT2D eigenvalue weighted by molar-refractivity contribution is 9.09. The summed E-state index contributed by atoms with van der Waals surface area (Å²) in [4.78, 5) is 0. The highest BCUT2D eigenvalue weighted by Gasteiger charge is 2.24. The Morgan fingerprint density at radius 3 is 2.29 bits per heavy atom. The van der Waals surface area contributed by atoms with Crippen LogP contribution in [-0.4, -0.2) is 5.33 Å². The van der Waals surface area contributed by atoms with Crippen molar-refractivity contribution in [2.24, 2.45) is 0 Å². The molecule has 0 saturated heterocycles. The van der Waals surface area contributed by atoms with Crippen molar-refractivity contribution >= 4 is 15.9 Å². The molecule has 0 bridgehead atoms. The minimum absolute atomic E-state index is 0.744. The summed E-state index contributed by atoms with van der Waals surface area (Å²) in [6, 6.07) is 8.98. The lowest BCUT2D eigenvalue weighted by atomic mass is 9.76. The zero-order chi connectivity index (χ0) is 9.97. The Balaban J connectivity index is 2.38. The highest BCUT2D eigenvalue weighted by Crippen LogP contribution is 2.40. The van der Waals surface area contributed by atoms with Crippen LogP contribution in [0.4, 0.5) is 0 Å². The van der Waals surface area contributed by atoms with Crippen LogP contribution in [0.5, 0.6) is 0 Å².